The number of pyridine rings is 1. The molecule has 0 N–H and O–H groups in total. The summed E-state index contributed by atoms with van der Waals surface area (Å²) in [5, 5.41) is 0. The first-order valence-corrected chi connectivity index (χ1v) is 9.45. The molecule has 3 aromatic rings. The lowest BCUT2D eigenvalue weighted by Crippen LogP contribution is -2.38. The Kier molecular flexibility index (Phi) is 5.53. The van der Waals surface area contributed by atoms with E-state index in [4.69, 9.17) is 9.47 Å². The van der Waals surface area contributed by atoms with Crippen molar-refractivity contribution >= 4 is 23.0 Å². The van der Waals surface area contributed by atoms with Crippen molar-refractivity contribution in [2.24, 2.45) is 5.92 Å². The maximum Gasteiger partial charge on any atom is 0.312 e. The molecule has 3 heterocycles. The minimum absolute atomic E-state index is 0.198. The number of imidazole rings is 1. The fourth-order valence-electron chi connectivity index (χ4n) is 3.45. The van der Waals surface area contributed by atoms with Crippen LogP contribution in [-0.2, 0) is 20.8 Å². The number of rotatable bonds is 4. The molecule has 4 rings (SSSR count). The molecule has 0 aliphatic carbocycles. The van der Waals surface area contributed by atoms with Crippen LogP contribution in [0, 0.1) is 5.92 Å². The molecular weight excluding hydrogens is 372 g/mol. The molecule has 1 saturated heterocycles. The molecule has 8 heteroatoms. The third-order valence-electron chi connectivity index (χ3n) is 4.99. The molecule has 0 spiro atoms. The molecule has 0 saturated carbocycles. The predicted octanol–water partition coefficient (Wildman–Crippen LogP) is 1.74. The highest BCUT2D eigenvalue weighted by molar-refractivity contribution is 5.96. The maximum absolute atomic E-state index is 13.0. The van der Waals surface area contributed by atoms with E-state index in [0.717, 1.165) is 11.2 Å². The number of ether oxygens (including phenoxy) is 2. The van der Waals surface area contributed by atoms with E-state index in [2.05, 4.69) is 9.97 Å². The summed E-state index contributed by atoms with van der Waals surface area (Å²) < 4.78 is 12.2. The molecule has 1 aliphatic rings. The van der Waals surface area contributed by atoms with E-state index in [-0.39, 0.29) is 25.0 Å². The minimum Gasteiger partial charge on any atom is -0.469 e. The number of methoxy groups -OCH3 is 1. The Morgan fingerprint density at radius 2 is 2.07 bits per heavy atom. The first-order valence-electron chi connectivity index (χ1n) is 9.45. The van der Waals surface area contributed by atoms with Crippen LogP contribution in [0.5, 0.6) is 0 Å². The van der Waals surface area contributed by atoms with Gasteiger partial charge < -0.3 is 18.9 Å². The molecular formula is C21H22N4O4. The summed E-state index contributed by atoms with van der Waals surface area (Å²) in [6, 6.07) is 11.8. The average Bonchev–Trinajstić information content (AvgIpc) is 2.99. The smallest absolute Gasteiger partial charge is 0.312 e. The number of amides is 1. The van der Waals surface area contributed by atoms with Crippen molar-refractivity contribution < 1.29 is 19.1 Å². The number of hydrogen-bond donors (Lipinski definition) is 0. The Bertz CT molecular complexity index is 1020. The van der Waals surface area contributed by atoms with Crippen LogP contribution < -0.4 is 0 Å². The number of esters is 1. The van der Waals surface area contributed by atoms with Gasteiger partial charge in [0.15, 0.2) is 5.65 Å². The minimum atomic E-state index is -0.492. The number of hydrogen-bond acceptors (Lipinski definition) is 6. The fourth-order valence-corrected chi connectivity index (χ4v) is 3.45. The number of fused-ring (bicyclic) bond motifs is 1. The Morgan fingerprint density at radius 1 is 1.24 bits per heavy atom. The number of nitrogens with zero attached hydrogens (tertiary/aromatic N) is 4. The van der Waals surface area contributed by atoms with E-state index in [1.54, 1.807) is 23.5 Å². The summed E-state index contributed by atoms with van der Waals surface area (Å²) in [6.07, 6.45) is 3.29. The molecule has 1 aliphatic heterocycles. The third-order valence-corrected chi connectivity index (χ3v) is 4.99. The summed E-state index contributed by atoms with van der Waals surface area (Å²) in [5.41, 5.74) is 2.96. The molecule has 1 amide bonds. The number of carbonyl (C=O) groups excluding carboxylic acids is 2. The van der Waals surface area contributed by atoms with Crippen molar-refractivity contribution in [3.8, 4) is 0 Å². The SMILES string of the molecule is COC(=O)C1COCCN(C(=O)c2cnc3c(c2)ncn3Cc2ccccc2)C1. The zero-order valence-corrected chi connectivity index (χ0v) is 16.2. The van der Waals surface area contributed by atoms with E-state index in [1.807, 2.05) is 34.9 Å². The Morgan fingerprint density at radius 3 is 2.86 bits per heavy atom. The predicted molar refractivity (Wildman–Crippen MR) is 105 cm³/mol. The second kappa shape index (κ2) is 8.40. The van der Waals surface area contributed by atoms with E-state index in [0.29, 0.717) is 30.8 Å². The molecule has 0 radical (unpaired) electrons. The lowest BCUT2D eigenvalue weighted by molar-refractivity contribution is -0.147. The van der Waals surface area contributed by atoms with Gasteiger partial charge in [-0.3, -0.25) is 9.59 Å². The molecule has 29 heavy (non-hydrogen) atoms. The molecule has 8 nitrogen and oxygen atoms in total. The van der Waals surface area contributed by atoms with Gasteiger partial charge in [-0.1, -0.05) is 30.3 Å². The Labute approximate surface area is 168 Å². The van der Waals surface area contributed by atoms with Gasteiger partial charge in [-0.25, -0.2) is 9.97 Å². The average molecular weight is 394 g/mol. The molecule has 150 valence electrons. The maximum atomic E-state index is 13.0. The summed E-state index contributed by atoms with van der Waals surface area (Å²) in [6.45, 7) is 1.94. The number of carbonyl (C=O) groups is 2. The van der Waals surface area contributed by atoms with Crippen LogP contribution in [0.3, 0.4) is 0 Å². The van der Waals surface area contributed by atoms with Crippen LogP contribution in [-0.4, -0.2) is 64.7 Å². The monoisotopic (exact) mass is 394 g/mol. The van der Waals surface area contributed by atoms with Crippen molar-refractivity contribution in [2.75, 3.05) is 33.4 Å². The van der Waals surface area contributed by atoms with Gasteiger partial charge in [-0.2, -0.15) is 0 Å². The summed E-state index contributed by atoms with van der Waals surface area (Å²) in [5.74, 6) is -1.07. The molecule has 2 aromatic heterocycles. The first-order chi connectivity index (χ1) is 14.2. The zero-order valence-electron chi connectivity index (χ0n) is 16.2. The summed E-state index contributed by atoms with van der Waals surface area (Å²) in [4.78, 5) is 35.4. The molecule has 1 aromatic carbocycles. The molecule has 1 fully saturated rings. The molecule has 0 bridgehead atoms. The summed E-state index contributed by atoms with van der Waals surface area (Å²) >= 11 is 0. The van der Waals surface area contributed by atoms with Crippen molar-refractivity contribution in [1.29, 1.82) is 0 Å². The van der Waals surface area contributed by atoms with Gasteiger partial charge in [-0.15, -0.1) is 0 Å². The molecule has 1 unspecified atom stereocenters. The van der Waals surface area contributed by atoms with Gasteiger partial charge in [0.25, 0.3) is 5.91 Å². The van der Waals surface area contributed by atoms with Gasteiger partial charge in [-0.05, 0) is 11.6 Å². The van der Waals surface area contributed by atoms with Crippen LogP contribution in [0.1, 0.15) is 15.9 Å². The highest BCUT2D eigenvalue weighted by Crippen LogP contribution is 2.17. The second-order valence-corrected chi connectivity index (χ2v) is 6.97. The van der Waals surface area contributed by atoms with Crippen LogP contribution in [0.4, 0.5) is 0 Å². The lowest BCUT2D eigenvalue weighted by atomic mass is 10.1. The van der Waals surface area contributed by atoms with E-state index in [1.165, 1.54) is 7.11 Å². The Balaban J connectivity index is 1.54. The van der Waals surface area contributed by atoms with Gasteiger partial charge in [0, 0.05) is 19.3 Å². The van der Waals surface area contributed by atoms with Crippen LogP contribution in [0.15, 0.2) is 48.9 Å². The van der Waals surface area contributed by atoms with Crippen molar-refractivity contribution in [2.45, 2.75) is 6.54 Å². The number of benzene rings is 1. The number of aromatic nitrogens is 3. The van der Waals surface area contributed by atoms with E-state index in [9.17, 15) is 9.59 Å². The highest BCUT2D eigenvalue weighted by atomic mass is 16.5. The van der Waals surface area contributed by atoms with Gasteiger partial charge >= 0.3 is 5.97 Å². The van der Waals surface area contributed by atoms with Crippen LogP contribution >= 0.6 is 0 Å². The van der Waals surface area contributed by atoms with Crippen molar-refractivity contribution in [3.05, 3.63) is 60.0 Å². The third kappa shape index (κ3) is 4.12. The van der Waals surface area contributed by atoms with Crippen LogP contribution in [0.25, 0.3) is 11.2 Å². The standard InChI is InChI=1S/C21H22N4O4/c1-28-21(27)17-12-24(7-8-29-13-17)20(26)16-9-18-19(22-10-16)25(14-23-18)11-15-5-3-2-4-6-15/h2-6,9-10,14,17H,7-8,11-13H2,1H3. The lowest BCUT2D eigenvalue weighted by Gasteiger charge is -2.22. The highest BCUT2D eigenvalue weighted by Gasteiger charge is 2.29. The fraction of sp³-hybridized carbons (Fsp3) is 0.333. The first kappa shape index (κ1) is 19.1. The largest absolute Gasteiger partial charge is 0.469 e. The van der Waals surface area contributed by atoms with Crippen molar-refractivity contribution in [3.63, 3.8) is 0 Å². The van der Waals surface area contributed by atoms with Gasteiger partial charge in [0.05, 0.1) is 44.7 Å². The van der Waals surface area contributed by atoms with E-state index >= 15 is 0 Å². The van der Waals surface area contributed by atoms with Gasteiger partial charge in [0.1, 0.15) is 5.52 Å². The quantitative estimate of drug-likeness (QED) is 0.627. The zero-order chi connectivity index (χ0) is 20.2. The molecule has 1 atom stereocenters. The van der Waals surface area contributed by atoms with Gasteiger partial charge in [0.2, 0.25) is 0 Å². The topological polar surface area (TPSA) is 86.6 Å². The second-order valence-electron chi connectivity index (χ2n) is 6.97. The van der Waals surface area contributed by atoms with E-state index < -0.39 is 5.92 Å². The van der Waals surface area contributed by atoms with Crippen LogP contribution in [0.2, 0.25) is 0 Å². The van der Waals surface area contributed by atoms with Crippen molar-refractivity contribution in [1.82, 2.24) is 19.4 Å². The normalized spacial score (nSPS) is 17.1. The summed E-state index contributed by atoms with van der Waals surface area (Å²) in [7, 11) is 1.34. The Hall–Kier alpha value is -3.26.